The van der Waals surface area contributed by atoms with Crippen LogP contribution >= 0.6 is 23.4 Å². The average Bonchev–Trinajstić information content (AvgIpc) is 2.87. The third-order valence-electron chi connectivity index (χ3n) is 7.29. The number of amides is 1. The van der Waals surface area contributed by atoms with Crippen molar-refractivity contribution in [2.24, 2.45) is 0 Å². The Morgan fingerprint density at radius 1 is 0.949 bits per heavy atom. The number of nitrogens with one attached hydrogen (secondary N) is 2. The molecular formula is C30H49ClN2O4S2. The Morgan fingerprint density at radius 2 is 1.54 bits per heavy atom. The normalized spacial score (nSPS) is 14.8. The molecule has 222 valence electrons. The van der Waals surface area contributed by atoms with Crippen LogP contribution in [-0.4, -0.2) is 35.9 Å². The van der Waals surface area contributed by atoms with Gasteiger partial charge < -0.3 is 5.32 Å². The third-order valence-corrected chi connectivity index (χ3v) is 10.6. The van der Waals surface area contributed by atoms with Crippen molar-refractivity contribution in [2.75, 3.05) is 15.8 Å². The highest BCUT2D eigenvalue weighted by Crippen LogP contribution is 2.38. The molecule has 0 unspecified atom stereocenters. The lowest BCUT2D eigenvalue weighted by Crippen LogP contribution is -2.34. The zero-order valence-corrected chi connectivity index (χ0v) is 26.5. The van der Waals surface area contributed by atoms with E-state index in [9.17, 15) is 18.0 Å². The van der Waals surface area contributed by atoms with Gasteiger partial charge in [-0.25, -0.2) is 8.42 Å². The van der Waals surface area contributed by atoms with E-state index in [1.165, 1.54) is 63.9 Å². The molecular weight excluding hydrogens is 552 g/mol. The number of benzene rings is 1. The number of halogens is 1. The highest BCUT2D eigenvalue weighted by atomic mass is 35.5. The average molecular weight is 601 g/mol. The van der Waals surface area contributed by atoms with Crippen molar-refractivity contribution in [3.63, 3.8) is 0 Å². The number of ketones is 1. The summed E-state index contributed by atoms with van der Waals surface area (Å²) in [4.78, 5) is 25.6. The molecule has 0 radical (unpaired) electrons. The summed E-state index contributed by atoms with van der Waals surface area (Å²) in [6.07, 6.45) is 17.0. The van der Waals surface area contributed by atoms with Gasteiger partial charge in [0.1, 0.15) is 0 Å². The van der Waals surface area contributed by atoms with Gasteiger partial charge >= 0.3 is 0 Å². The molecule has 0 bridgehead atoms. The first-order chi connectivity index (χ1) is 18.5. The predicted octanol–water partition coefficient (Wildman–Crippen LogP) is 8.74. The van der Waals surface area contributed by atoms with Crippen LogP contribution < -0.4 is 10.0 Å². The fraction of sp³-hybridized carbons (Fsp3) is 0.733. The molecule has 0 aliphatic heterocycles. The maximum atomic E-state index is 12.9. The van der Waals surface area contributed by atoms with Gasteiger partial charge in [-0.1, -0.05) is 95.6 Å². The number of hydrogen-bond acceptors (Lipinski definition) is 5. The standard InChI is InChI=1S/C30H49ClN2O4S2/c1-4-5-6-7-8-9-10-11-12-16-21-39(36,37)33-24-19-20-26(31)27(22-24)32-29(35)23-28(34)30(2,3)38-25-17-14-13-15-18-25/h19-20,22,25,33H,4-18,21,23H2,1-3H3,(H,32,35). The molecule has 2 N–H and O–H groups in total. The van der Waals surface area contributed by atoms with E-state index < -0.39 is 20.7 Å². The Hall–Kier alpha value is -1.25. The number of carbonyl (C=O) groups excluding carboxylic acids is 2. The second-order valence-electron chi connectivity index (χ2n) is 11.3. The summed E-state index contributed by atoms with van der Waals surface area (Å²) in [6.45, 7) is 5.99. The summed E-state index contributed by atoms with van der Waals surface area (Å²) in [6, 6.07) is 4.62. The third kappa shape index (κ3) is 13.8. The lowest BCUT2D eigenvalue weighted by atomic mass is 10.0. The molecule has 1 fully saturated rings. The molecule has 0 heterocycles. The van der Waals surface area contributed by atoms with E-state index in [4.69, 9.17) is 11.6 Å². The summed E-state index contributed by atoms with van der Waals surface area (Å²) < 4.78 is 27.1. The van der Waals surface area contributed by atoms with E-state index in [2.05, 4.69) is 17.0 Å². The summed E-state index contributed by atoms with van der Waals surface area (Å²) in [5, 5.41) is 3.44. The van der Waals surface area contributed by atoms with Crippen LogP contribution in [-0.2, 0) is 19.6 Å². The molecule has 1 aliphatic rings. The smallest absolute Gasteiger partial charge is 0.232 e. The van der Waals surface area contributed by atoms with Crippen LogP contribution in [0.2, 0.25) is 5.02 Å². The molecule has 0 aromatic heterocycles. The number of sulfonamides is 1. The molecule has 1 aromatic rings. The maximum Gasteiger partial charge on any atom is 0.232 e. The van der Waals surface area contributed by atoms with E-state index in [1.807, 2.05) is 13.8 Å². The summed E-state index contributed by atoms with van der Waals surface area (Å²) >= 11 is 7.94. The maximum absolute atomic E-state index is 12.9. The Morgan fingerprint density at radius 3 is 2.15 bits per heavy atom. The minimum atomic E-state index is -3.52. The number of unbranched alkanes of at least 4 members (excludes halogenated alkanes) is 9. The molecule has 1 saturated carbocycles. The van der Waals surface area contributed by atoms with Gasteiger partial charge in [0.2, 0.25) is 15.9 Å². The van der Waals surface area contributed by atoms with Crippen LogP contribution in [0.3, 0.4) is 0 Å². The van der Waals surface area contributed by atoms with Gasteiger partial charge in [0, 0.05) is 5.25 Å². The summed E-state index contributed by atoms with van der Waals surface area (Å²) in [5.74, 6) is -0.527. The molecule has 0 saturated heterocycles. The minimum absolute atomic E-state index is 0.0517. The van der Waals surface area contributed by atoms with Gasteiger partial charge in [-0.15, -0.1) is 11.8 Å². The van der Waals surface area contributed by atoms with E-state index >= 15 is 0 Å². The van der Waals surface area contributed by atoms with Crippen LogP contribution in [0, 0.1) is 0 Å². The number of Topliss-reactive ketones (excluding diaryl/α,β-unsaturated/α-hetero) is 1. The first kappa shape index (κ1) is 34.0. The second kappa shape index (κ2) is 17.5. The second-order valence-corrected chi connectivity index (χ2v) is 15.5. The van der Waals surface area contributed by atoms with Gasteiger partial charge in [0.25, 0.3) is 0 Å². The number of carbonyl (C=O) groups is 2. The monoisotopic (exact) mass is 600 g/mol. The Bertz CT molecular complexity index is 1010. The Balaban J connectivity index is 1.78. The van der Waals surface area contributed by atoms with Crippen molar-refractivity contribution < 1.29 is 18.0 Å². The first-order valence-corrected chi connectivity index (χ1v) is 17.7. The van der Waals surface area contributed by atoms with Crippen LogP contribution in [0.25, 0.3) is 0 Å². The number of thioether (sulfide) groups is 1. The van der Waals surface area contributed by atoms with Crippen molar-refractivity contribution in [2.45, 2.75) is 134 Å². The molecule has 0 atom stereocenters. The van der Waals surface area contributed by atoms with Crippen molar-refractivity contribution >= 4 is 56.5 Å². The van der Waals surface area contributed by atoms with Crippen LogP contribution in [0.15, 0.2) is 18.2 Å². The highest BCUT2D eigenvalue weighted by Gasteiger charge is 2.33. The van der Waals surface area contributed by atoms with E-state index in [-0.39, 0.29) is 28.7 Å². The van der Waals surface area contributed by atoms with Crippen molar-refractivity contribution in [1.29, 1.82) is 0 Å². The van der Waals surface area contributed by atoms with E-state index in [0.717, 1.165) is 32.1 Å². The summed E-state index contributed by atoms with van der Waals surface area (Å²) in [5.41, 5.74) is 0.618. The molecule has 39 heavy (non-hydrogen) atoms. The van der Waals surface area contributed by atoms with Gasteiger partial charge in [-0.3, -0.25) is 14.3 Å². The zero-order chi connectivity index (χ0) is 28.7. The first-order valence-electron chi connectivity index (χ1n) is 14.8. The van der Waals surface area contributed by atoms with Gasteiger partial charge in [0.05, 0.1) is 33.3 Å². The van der Waals surface area contributed by atoms with Gasteiger partial charge in [-0.05, 0) is 51.3 Å². The van der Waals surface area contributed by atoms with Gasteiger partial charge in [0.15, 0.2) is 5.78 Å². The van der Waals surface area contributed by atoms with Crippen LogP contribution in [0.4, 0.5) is 11.4 Å². The SMILES string of the molecule is CCCCCCCCCCCCS(=O)(=O)Nc1ccc(Cl)c(NC(=O)CC(=O)C(C)(C)SC2CCCCC2)c1. The topological polar surface area (TPSA) is 92.3 Å². The molecule has 6 nitrogen and oxygen atoms in total. The van der Waals surface area contributed by atoms with E-state index in [0.29, 0.717) is 17.4 Å². The Kier molecular flexibility index (Phi) is 15.3. The predicted molar refractivity (Wildman–Crippen MR) is 168 cm³/mol. The summed E-state index contributed by atoms with van der Waals surface area (Å²) in [7, 11) is -3.52. The van der Waals surface area contributed by atoms with Crippen LogP contribution in [0.1, 0.15) is 124 Å². The minimum Gasteiger partial charge on any atom is -0.324 e. The van der Waals surface area contributed by atoms with Crippen LogP contribution in [0.5, 0.6) is 0 Å². The number of rotatable bonds is 19. The van der Waals surface area contributed by atoms with Crippen molar-refractivity contribution in [1.82, 2.24) is 0 Å². The molecule has 1 aliphatic carbocycles. The number of hydrogen-bond donors (Lipinski definition) is 2. The van der Waals surface area contributed by atoms with E-state index in [1.54, 1.807) is 23.9 Å². The number of anilines is 2. The molecule has 0 spiro atoms. The van der Waals surface area contributed by atoms with Crippen molar-refractivity contribution in [3.05, 3.63) is 23.2 Å². The molecule has 1 aromatic carbocycles. The fourth-order valence-corrected chi connectivity index (χ4v) is 7.86. The quantitative estimate of drug-likeness (QED) is 0.122. The lowest BCUT2D eigenvalue weighted by molar-refractivity contribution is -0.126. The molecule has 1 amide bonds. The molecule has 2 rings (SSSR count). The molecule has 9 heteroatoms. The van der Waals surface area contributed by atoms with Crippen molar-refractivity contribution in [3.8, 4) is 0 Å². The fourth-order valence-electron chi connectivity index (χ4n) is 4.91. The lowest BCUT2D eigenvalue weighted by Gasteiger charge is -2.30. The highest BCUT2D eigenvalue weighted by molar-refractivity contribution is 8.02. The van der Waals surface area contributed by atoms with Gasteiger partial charge in [-0.2, -0.15) is 0 Å². The Labute approximate surface area is 246 Å². The zero-order valence-electron chi connectivity index (χ0n) is 24.2. The largest absolute Gasteiger partial charge is 0.324 e.